The van der Waals surface area contributed by atoms with E-state index < -0.39 is 0 Å². The van der Waals surface area contributed by atoms with E-state index in [1.807, 2.05) is 32.2 Å². The topological polar surface area (TPSA) is 40.5 Å². The molecule has 1 amide bonds. The Morgan fingerprint density at radius 1 is 1.33 bits per heavy atom. The molecule has 0 aliphatic rings. The first-order valence-electron chi connectivity index (χ1n) is 6.19. The van der Waals surface area contributed by atoms with Crippen molar-refractivity contribution in [3.8, 4) is 0 Å². The predicted molar refractivity (Wildman–Crippen MR) is 76.8 cm³/mol. The summed E-state index contributed by atoms with van der Waals surface area (Å²) in [7, 11) is 1.82. The Kier molecular flexibility index (Phi) is 6.36. The van der Waals surface area contributed by atoms with E-state index in [0.717, 1.165) is 35.8 Å². The van der Waals surface area contributed by atoms with Crippen molar-refractivity contribution >= 4 is 21.8 Å². The number of hydrogen-bond acceptors (Lipinski definition) is 2. The molecule has 0 radical (unpaired) electrons. The highest BCUT2D eigenvalue weighted by Gasteiger charge is 2.15. The van der Waals surface area contributed by atoms with Gasteiger partial charge in [0.1, 0.15) is 0 Å². The molecule has 0 saturated heterocycles. The fraction of sp³-hybridized carbons (Fsp3) is 0.500. The third-order valence-electron chi connectivity index (χ3n) is 2.92. The standard InChI is InChI=1S/C14H20BrNO2/c1-11-7-6-8-12(13(11)15)14(18)16(2)9-4-3-5-10-17/h6-8,17H,3-5,9-10H2,1-2H3. The number of rotatable bonds is 6. The highest BCUT2D eigenvalue weighted by molar-refractivity contribution is 9.10. The summed E-state index contributed by atoms with van der Waals surface area (Å²) in [6.07, 6.45) is 2.67. The van der Waals surface area contributed by atoms with Gasteiger partial charge in [-0.25, -0.2) is 0 Å². The van der Waals surface area contributed by atoms with E-state index in [2.05, 4.69) is 15.9 Å². The van der Waals surface area contributed by atoms with E-state index in [4.69, 9.17) is 5.11 Å². The van der Waals surface area contributed by atoms with Crippen molar-refractivity contribution in [3.05, 3.63) is 33.8 Å². The Balaban J connectivity index is 2.60. The fourth-order valence-electron chi connectivity index (χ4n) is 1.76. The third-order valence-corrected chi connectivity index (χ3v) is 3.97. The van der Waals surface area contributed by atoms with E-state index in [0.29, 0.717) is 5.56 Å². The fourth-order valence-corrected chi connectivity index (χ4v) is 2.19. The largest absolute Gasteiger partial charge is 0.396 e. The van der Waals surface area contributed by atoms with Crippen LogP contribution in [0.15, 0.2) is 22.7 Å². The summed E-state index contributed by atoms with van der Waals surface area (Å²) in [4.78, 5) is 14.0. The summed E-state index contributed by atoms with van der Waals surface area (Å²) < 4.78 is 0.872. The SMILES string of the molecule is Cc1cccc(C(=O)N(C)CCCCCO)c1Br. The minimum atomic E-state index is 0.0366. The summed E-state index contributed by atoms with van der Waals surface area (Å²) in [5.41, 5.74) is 1.77. The average molecular weight is 314 g/mol. The van der Waals surface area contributed by atoms with Crippen molar-refractivity contribution in [1.29, 1.82) is 0 Å². The molecule has 0 bridgehead atoms. The number of nitrogens with zero attached hydrogens (tertiary/aromatic N) is 1. The van der Waals surface area contributed by atoms with E-state index >= 15 is 0 Å². The first-order chi connectivity index (χ1) is 8.57. The molecule has 0 aromatic heterocycles. The maximum absolute atomic E-state index is 12.2. The smallest absolute Gasteiger partial charge is 0.254 e. The van der Waals surface area contributed by atoms with Crippen LogP contribution in [0.4, 0.5) is 0 Å². The van der Waals surface area contributed by atoms with E-state index in [9.17, 15) is 4.79 Å². The van der Waals surface area contributed by atoms with Gasteiger partial charge in [-0.05, 0) is 53.7 Å². The molecule has 1 aromatic carbocycles. The number of carbonyl (C=O) groups is 1. The van der Waals surface area contributed by atoms with Gasteiger partial charge in [-0.2, -0.15) is 0 Å². The molecule has 0 aliphatic carbocycles. The van der Waals surface area contributed by atoms with Crippen LogP contribution in [0.2, 0.25) is 0 Å². The van der Waals surface area contributed by atoms with Crippen molar-refractivity contribution < 1.29 is 9.90 Å². The molecule has 0 heterocycles. The molecule has 0 fully saturated rings. The van der Waals surface area contributed by atoms with E-state index in [1.165, 1.54) is 0 Å². The van der Waals surface area contributed by atoms with Gasteiger partial charge in [0.2, 0.25) is 0 Å². The van der Waals surface area contributed by atoms with Crippen LogP contribution in [0.3, 0.4) is 0 Å². The van der Waals surface area contributed by atoms with Crippen molar-refractivity contribution in [2.75, 3.05) is 20.2 Å². The van der Waals surface area contributed by atoms with Gasteiger partial charge in [0.05, 0.1) is 5.56 Å². The van der Waals surface area contributed by atoms with Crippen LogP contribution in [0.1, 0.15) is 35.2 Å². The molecular formula is C14H20BrNO2. The van der Waals surface area contributed by atoms with Crippen LogP contribution in [-0.2, 0) is 0 Å². The number of benzene rings is 1. The zero-order chi connectivity index (χ0) is 13.5. The lowest BCUT2D eigenvalue weighted by Crippen LogP contribution is -2.28. The van der Waals surface area contributed by atoms with Gasteiger partial charge in [0, 0.05) is 24.7 Å². The van der Waals surface area contributed by atoms with Crippen molar-refractivity contribution in [2.24, 2.45) is 0 Å². The van der Waals surface area contributed by atoms with Crippen LogP contribution in [0, 0.1) is 6.92 Å². The van der Waals surface area contributed by atoms with Crippen LogP contribution in [-0.4, -0.2) is 36.1 Å². The molecule has 1 N–H and O–H groups in total. The summed E-state index contributed by atoms with van der Waals surface area (Å²) >= 11 is 3.46. The molecular weight excluding hydrogens is 294 g/mol. The summed E-state index contributed by atoms with van der Waals surface area (Å²) in [6, 6.07) is 5.71. The Labute approximate surface area is 117 Å². The van der Waals surface area contributed by atoms with Crippen molar-refractivity contribution in [2.45, 2.75) is 26.2 Å². The molecule has 100 valence electrons. The van der Waals surface area contributed by atoms with Crippen LogP contribution in [0.25, 0.3) is 0 Å². The van der Waals surface area contributed by atoms with Crippen LogP contribution < -0.4 is 0 Å². The number of aliphatic hydroxyl groups is 1. The number of unbranched alkanes of at least 4 members (excludes halogenated alkanes) is 2. The number of aryl methyl sites for hydroxylation is 1. The molecule has 0 saturated carbocycles. The van der Waals surface area contributed by atoms with Gasteiger partial charge >= 0.3 is 0 Å². The molecule has 0 unspecified atom stereocenters. The lowest BCUT2D eigenvalue weighted by atomic mass is 10.1. The quantitative estimate of drug-likeness (QED) is 0.820. The molecule has 3 nitrogen and oxygen atoms in total. The Hall–Kier alpha value is -0.870. The van der Waals surface area contributed by atoms with Crippen molar-refractivity contribution in [1.82, 2.24) is 4.90 Å². The van der Waals surface area contributed by atoms with Crippen LogP contribution >= 0.6 is 15.9 Å². The lowest BCUT2D eigenvalue weighted by molar-refractivity contribution is 0.0791. The second-order valence-corrected chi connectivity index (χ2v) is 5.24. The number of amides is 1. The highest BCUT2D eigenvalue weighted by Crippen LogP contribution is 2.22. The normalized spacial score (nSPS) is 10.4. The maximum Gasteiger partial charge on any atom is 0.254 e. The summed E-state index contributed by atoms with van der Waals surface area (Å²) in [6.45, 7) is 2.92. The Morgan fingerprint density at radius 2 is 2.06 bits per heavy atom. The van der Waals surface area contributed by atoms with Crippen LogP contribution in [0.5, 0.6) is 0 Å². The molecule has 0 spiro atoms. The average Bonchev–Trinajstić information content (AvgIpc) is 2.37. The minimum Gasteiger partial charge on any atom is -0.396 e. The second-order valence-electron chi connectivity index (χ2n) is 4.45. The minimum absolute atomic E-state index is 0.0366. The molecule has 4 heteroatoms. The van der Waals surface area contributed by atoms with Gasteiger partial charge < -0.3 is 10.0 Å². The molecule has 1 aromatic rings. The van der Waals surface area contributed by atoms with Crippen molar-refractivity contribution in [3.63, 3.8) is 0 Å². The lowest BCUT2D eigenvalue weighted by Gasteiger charge is -2.18. The number of halogens is 1. The molecule has 18 heavy (non-hydrogen) atoms. The zero-order valence-electron chi connectivity index (χ0n) is 10.9. The van der Waals surface area contributed by atoms with Gasteiger partial charge in [-0.1, -0.05) is 12.1 Å². The Morgan fingerprint density at radius 3 is 2.72 bits per heavy atom. The predicted octanol–water partition coefficient (Wildman–Crippen LogP) is 2.99. The van der Waals surface area contributed by atoms with Gasteiger partial charge in [-0.3, -0.25) is 4.79 Å². The number of carbonyl (C=O) groups excluding carboxylic acids is 1. The van der Waals surface area contributed by atoms with E-state index in [1.54, 1.807) is 4.90 Å². The molecule has 0 atom stereocenters. The molecule has 0 aliphatic heterocycles. The maximum atomic E-state index is 12.2. The monoisotopic (exact) mass is 313 g/mol. The summed E-state index contributed by atoms with van der Waals surface area (Å²) in [5.74, 6) is 0.0366. The Bertz CT molecular complexity index is 407. The third kappa shape index (κ3) is 4.10. The highest BCUT2D eigenvalue weighted by atomic mass is 79.9. The van der Waals surface area contributed by atoms with Gasteiger partial charge in [0.15, 0.2) is 0 Å². The first-order valence-corrected chi connectivity index (χ1v) is 6.98. The van der Waals surface area contributed by atoms with E-state index in [-0.39, 0.29) is 12.5 Å². The summed E-state index contributed by atoms with van der Waals surface area (Å²) in [5, 5.41) is 8.70. The first kappa shape index (κ1) is 15.2. The van der Waals surface area contributed by atoms with Gasteiger partial charge in [-0.15, -0.1) is 0 Å². The zero-order valence-corrected chi connectivity index (χ0v) is 12.5. The second kappa shape index (κ2) is 7.54. The van der Waals surface area contributed by atoms with Gasteiger partial charge in [0.25, 0.3) is 5.91 Å². The number of hydrogen-bond donors (Lipinski definition) is 1. The number of aliphatic hydroxyl groups excluding tert-OH is 1. The molecule has 1 rings (SSSR count).